The number of rotatable bonds is 7. The molecule has 25 heavy (non-hydrogen) atoms. The number of piperazine rings is 1. The van der Waals surface area contributed by atoms with E-state index in [1.165, 1.54) is 5.56 Å². The van der Waals surface area contributed by atoms with Crippen LogP contribution in [0.3, 0.4) is 0 Å². The zero-order chi connectivity index (χ0) is 17.6. The zero-order valence-electron chi connectivity index (χ0n) is 15.4. The summed E-state index contributed by atoms with van der Waals surface area (Å²) in [6.07, 6.45) is 3.95. The Morgan fingerprint density at radius 1 is 1.00 bits per heavy atom. The number of nitrogens with zero attached hydrogens (tertiary/aromatic N) is 4. The standard InChI is InChI=1S/C19H28N4O2/c1-4-23-8-7-20-19(23)15-22-11-9-21(10-12-22)14-16-13-17(24-2)5-6-18(16)25-3/h5-8,13H,4,9-12,14-15H2,1-3H3. The second-order valence-corrected chi connectivity index (χ2v) is 6.36. The van der Waals surface area contributed by atoms with Gasteiger partial charge in [-0.1, -0.05) is 0 Å². The van der Waals surface area contributed by atoms with E-state index in [-0.39, 0.29) is 0 Å². The van der Waals surface area contributed by atoms with Gasteiger partial charge in [0.15, 0.2) is 0 Å². The van der Waals surface area contributed by atoms with Crippen LogP contribution in [-0.2, 0) is 19.6 Å². The number of ether oxygens (including phenoxy) is 2. The molecule has 136 valence electrons. The predicted molar refractivity (Wildman–Crippen MR) is 98.0 cm³/mol. The van der Waals surface area contributed by atoms with Crippen molar-refractivity contribution in [1.29, 1.82) is 0 Å². The number of imidazole rings is 1. The Labute approximate surface area is 150 Å². The van der Waals surface area contributed by atoms with Gasteiger partial charge < -0.3 is 14.0 Å². The zero-order valence-corrected chi connectivity index (χ0v) is 15.4. The van der Waals surface area contributed by atoms with E-state index < -0.39 is 0 Å². The monoisotopic (exact) mass is 344 g/mol. The van der Waals surface area contributed by atoms with Crippen molar-refractivity contribution in [3.63, 3.8) is 0 Å². The fourth-order valence-corrected chi connectivity index (χ4v) is 3.33. The summed E-state index contributed by atoms with van der Waals surface area (Å²) in [6, 6.07) is 5.99. The summed E-state index contributed by atoms with van der Waals surface area (Å²) in [7, 11) is 3.42. The molecule has 1 aromatic heterocycles. The molecule has 6 nitrogen and oxygen atoms in total. The average molecular weight is 344 g/mol. The Morgan fingerprint density at radius 2 is 1.72 bits per heavy atom. The van der Waals surface area contributed by atoms with Gasteiger partial charge in [0, 0.05) is 57.2 Å². The summed E-state index contributed by atoms with van der Waals surface area (Å²) >= 11 is 0. The van der Waals surface area contributed by atoms with Gasteiger partial charge in [0.1, 0.15) is 17.3 Å². The van der Waals surface area contributed by atoms with Gasteiger partial charge in [-0.2, -0.15) is 0 Å². The molecule has 0 N–H and O–H groups in total. The van der Waals surface area contributed by atoms with Gasteiger partial charge in [-0.15, -0.1) is 0 Å². The maximum atomic E-state index is 5.50. The van der Waals surface area contributed by atoms with Crippen LogP contribution >= 0.6 is 0 Å². The van der Waals surface area contributed by atoms with Crippen molar-refractivity contribution in [2.24, 2.45) is 0 Å². The largest absolute Gasteiger partial charge is 0.497 e. The molecule has 6 heteroatoms. The molecule has 0 saturated carbocycles. The third-order valence-corrected chi connectivity index (χ3v) is 4.85. The molecule has 1 saturated heterocycles. The van der Waals surface area contributed by atoms with Gasteiger partial charge in [-0.25, -0.2) is 4.98 Å². The summed E-state index contributed by atoms with van der Waals surface area (Å²) in [5.74, 6) is 2.96. The quantitative estimate of drug-likeness (QED) is 0.771. The molecule has 0 spiro atoms. The minimum absolute atomic E-state index is 0.876. The normalized spacial score (nSPS) is 16.1. The van der Waals surface area contributed by atoms with Crippen LogP contribution in [0.5, 0.6) is 11.5 Å². The minimum Gasteiger partial charge on any atom is -0.497 e. The van der Waals surface area contributed by atoms with Crippen LogP contribution in [0.25, 0.3) is 0 Å². The second kappa shape index (κ2) is 8.36. The third-order valence-electron chi connectivity index (χ3n) is 4.85. The molecular weight excluding hydrogens is 316 g/mol. The van der Waals surface area contributed by atoms with Gasteiger partial charge in [0.05, 0.1) is 20.8 Å². The van der Waals surface area contributed by atoms with Crippen molar-refractivity contribution in [3.8, 4) is 11.5 Å². The summed E-state index contributed by atoms with van der Waals surface area (Å²) in [6.45, 7) is 9.16. The molecule has 0 radical (unpaired) electrons. The van der Waals surface area contributed by atoms with E-state index in [1.54, 1.807) is 14.2 Å². The van der Waals surface area contributed by atoms with Crippen LogP contribution in [0.1, 0.15) is 18.3 Å². The predicted octanol–water partition coefficient (Wildman–Crippen LogP) is 2.24. The third kappa shape index (κ3) is 4.32. The Hall–Kier alpha value is -2.05. The lowest BCUT2D eigenvalue weighted by Crippen LogP contribution is -2.45. The highest BCUT2D eigenvalue weighted by atomic mass is 16.5. The molecule has 0 unspecified atom stereocenters. The summed E-state index contributed by atoms with van der Waals surface area (Å²) in [5, 5.41) is 0. The van der Waals surface area contributed by atoms with E-state index in [0.29, 0.717) is 0 Å². The van der Waals surface area contributed by atoms with Crippen molar-refractivity contribution in [2.45, 2.75) is 26.6 Å². The van der Waals surface area contributed by atoms with E-state index in [2.05, 4.69) is 38.5 Å². The van der Waals surface area contributed by atoms with E-state index in [1.807, 2.05) is 18.3 Å². The lowest BCUT2D eigenvalue weighted by atomic mass is 10.1. The van der Waals surface area contributed by atoms with Crippen molar-refractivity contribution in [1.82, 2.24) is 19.4 Å². The SMILES string of the molecule is CCn1ccnc1CN1CCN(Cc2cc(OC)ccc2OC)CC1. The van der Waals surface area contributed by atoms with E-state index in [4.69, 9.17) is 9.47 Å². The highest BCUT2D eigenvalue weighted by Crippen LogP contribution is 2.25. The molecule has 2 heterocycles. The molecule has 1 fully saturated rings. The second-order valence-electron chi connectivity index (χ2n) is 6.36. The van der Waals surface area contributed by atoms with Crippen LogP contribution < -0.4 is 9.47 Å². The van der Waals surface area contributed by atoms with Crippen LogP contribution in [0, 0.1) is 0 Å². The molecule has 1 aromatic carbocycles. The first-order valence-electron chi connectivity index (χ1n) is 8.89. The molecule has 0 amide bonds. The molecule has 0 bridgehead atoms. The summed E-state index contributed by atoms with van der Waals surface area (Å²) < 4.78 is 13.1. The highest BCUT2D eigenvalue weighted by Gasteiger charge is 2.19. The molecular formula is C19H28N4O2. The lowest BCUT2D eigenvalue weighted by Gasteiger charge is -2.34. The van der Waals surface area contributed by atoms with Crippen LogP contribution in [0.15, 0.2) is 30.6 Å². The van der Waals surface area contributed by atoms with Gasteiger partial charge in [-0.05, 0) is 25.1 Å². The van der Waals surface area contributed by atoms with Gasteiger partial charge in [0.25, 0.3) is 0 Å². The van der Waals surface area contributed by atoms with E-state index in [9.17, 15) is 0 Å². The number of hydrogen-bond donors (Lipinski definition) is 0. The lowest BCUT2D eigenvalue weighted by molar-refractivity contribution is 0.118. The molecule has 0 aliphatic carbocycles. The Balaban J connectivity index is 1.56. The number of aromatic nitrogens is 2. The topological polar surface area (TPSA) is 42.8 Å². The van der Waals surface area contributed by atoms with E-state index >= 15 is 0 Å². The minimum atomic E-state index is 0.876. The number of hydrogen-bond acceptors (Lipinski definition) is 5. The Morgan fingerprint density at radius 3 is 2.36 bits per heavy atom. The fraction of sp³-hybridized carbons (Fsp3) is 0.526. The smallest absolute Gasteiger partial charge is 0.123 e. The van der Waals surface area contributed by atoms with Crippen LogP contribution in [-0.4, -0.2) is 59.7 Å². The molecule has 1 aliphatic rings. The van der Waals surface area contributed by atoms with E-state index in [0.717, 1.165) is 63.1 Å². The first-order valence-corrected chi connectivity index (χ1v) is 8.89. The number of methoxy groups -OCH3 is 2. The van der Waals surface area contributed by atoms with Gasteiger partial charge >= 0.3 is 0 Å². The average Bonchev–Trinajstić information content (AvgIpc) is 3.10. The van der Waals surface area contributed by atoms with Gasteiger partial charge in [0.2, 0.25) is 0 Å². The molecule has 2 aromatic rings. The van der Waals surface area contributed by atoms with Crippen molar-refractivity contribution in [2.75, 3.05) is 40.4 Å². The molecule has 0 atom stereocenters. The summed E-state index contributed by atoms with van der Waals surface area (Å²) in [4.78, 5) is 9.44. The highest BCUT2D eigenvalue weighted by molar-refractivity contribution is 5.40. The molecule has 3 rings (SSSR count). The van der Waals surface area contributed by atoms with Crippen LogP contribution in [0.4, 0.5) is 0 Å². The number of benzene rings is 1. The fourth-order valence-electron chi connectivity index (χ4n) is 3.33. The Bertz CT molecular complexity index is 678. The molecule has 1 aliphatic heterocycles. The first-order chi connectivity index (χ1) is 12.2. The number of aryl methyl sites for hydroxylation is 1. The van der Waals surface area contributed by atoms with Crippen molar-refractivity contribution in [3.05, 3.63) is 42.0 Å². The first kappa shape index (κ1) is 17.8. The van der Waals surface area contributed by atoms with Crippen molar-refractivity contribution >= 4 is 0 Å². The van der Waals surface area contributed by atoms with Crippen LogP contribution in [0.2, 0.25) is 0 Å². The van der Waals surface area contributed by atoms with Gasteiger partial charge in [-0.3, -0.25) is 9.80 Å². The van der Waals surface area contributed by atoms with Crippen molar-refractivity contribution < 1.29 is 9.47 Å². The maximum absolute atomic E-state index is 5.50. The maximum Gasteiger partial charge on any atom is 0.123 e. The Kier molecular flexibility index (Phi) is 5.94. The summed E-state index contributed by atoms with van der Waals surface area (Å²) in [5.41, 5.74) is 1.18.